The number of amidine groups is 1. The van der Waals surface area contributed by atoms with Crippen LogP contribution < -0.4 is 5.73 Å². The monoisotopic (exact) mass is 330 g/mol. The van der Waals surface area contributed by atoms with Crippen LogP contribution in [0, 0.1) is 18.6 Å². The van der Waals surface area contributed by atoms with E-state index in [0.29, 0.717) is 11.1 Å². The number of hydrogen-bond donors (Lipinski definition) is 1. The van der Waals surface area contributed by atoms with E-state index in [1.165, 1.54) is 6.07 Å². The molecule has 0 aliphatic rings. The first-order chi connectivity index (χ1) is 11.4. The highest BCUT2D eigenvalue weighted by atomic mass is 19.2. The number of benzene rings is 1. The summed E-state index contributed by atoms with van der Waals surface area (Å²) in [6, 6.07) is 5.56. The molecule has 0 amide bonds. The quantitative estimate of drug-likeness (QED) is 0.497. The lowest BCUT2D eigenvalue weighted by Gasteiger charge is -2.09. The summed E-state index contributed by atoms with van der Waals surface area (Å²) in [7, 11) is 0. The summed E-state index contributed by atoms with van der Waals surface area (Å²) in [6.07, 6.45) is 4.30. The molecular weight excluding hydrogens is 310 g/mol. The van der Waals surface area contributed by atoms with Crippen molar-refractivity contribution in [2.45, 2.75) is 26.8 Å². The number of allylic oxidation sites excluding steroid dienone is 1. The predicted octanol–water partition coefficient (Wildman–Crippen LogP) is 3.83. The molecule has 1 aromatic carbocycles. The number of halogens is 2. The Labute approximate surface area is 140 Å². The van der Waals surface area contributed by atoms with Gasteiger partial charge in [-0.3, -0.25) is 4.99 Å². The van der Waals surface area contributed by atoms with Crippen LogP contribution in [-0.4, -0.2) is 15.6 Å². The van der Waals surface area contributed by atoms with Gasteiger partial charge in [-0.2, -0.15) is 5.10 Å². The van der Waals surface area contributed by atoms with Crippen LogP contribution in [0.3, 0.4) is 0 Å². The normalized spacial score (nSPS) is 12.5. The minimum absolute atomic E-state index is 0.151. The third-order valence-corrected chi connectivity index (χ3v) is 3.55. The van der Waals surface area contributed by atoms with Crippen molar-refractivity contribution in [2.75, 3.05) is 0 Å². The van der Waals surface area contributed by atoms with E-state index in [9.17, 15) is 8.78 Å². The van der Waals surface area contributed by atoms with Crippen molar-refractivity contribution in [3.8, 4) is 0 Å². The molecule has 2 rings (SSSR count). The van der Waals surface area contributed by atoms with Gasteiger partial charge in [0.05, 0.1) is 6.54 Å². The second-order valence-corrected chi connectivity index (χ2v) is 5.35. The fourth-order valence-corrected chi connectivity index (χ4v) is 2.17. The first kappa shape index (κ1) is 17.6. The van der Waals surface area contributed by atoms with Crippen LogP contribution in [0.4, 0.5) is 8.78 Å². The fraction of sp³-hybridized carbons (Fsp3) is 0.222. The molecular formula is C18H20F2N4. The Morgan fingerprint density at radius 2 is 2.08 bits per heavy atom. The van der Waals surface area contributed by atoms with Gasteiger partial charge in [-0.25, -0.2) is 13.5 Å². The van der Waals surface area contributed by atoms with Gasteiger partial charge in [0.2, 0.25) is 0 Å². The van der Waals surface area contributed by atoms with Gasteiger partial charge in [-0.05, 0) is 43.2 Å². The lowest BCUT2D eigenvalue weighted by molar-refractivity contribution is 0.507. The molecule has 24 heavy (non-hydrogen) atoms. The molecule has 126 valence electrons. The molecule has 1 aromatic heterocycles. The number of aliphatic imine (C=N–C) groups is 1. The van der Waals surface area contributed by atoms with Crippen LogP contribution in [0.1, 0.15) is 24.6 Å². The van der Waals surface area contributed by atoms with E-state index in [4.69, 9.17) is 5.73 Å². The van der Waals surface area contributed by atoms with E-state index in [2.05, 4.69) is 16.7 Å². The maximum atomic E-state index is 13.2. The van der Waals surface area contributed by atoms with E-state index in [-0.39, 0.29) is 12.4 Å². The van der Waals surface area contributed by atoms with Gasteiger partial charge in [-0.1, -0.05) is 19.6 Å². The molecule has 0 aliphatic heterocycles. The van der Waals surface area contributed by atoms with Crippen LogP contribution in [0.5, 0.6) is 0 Å². The molecule has 0 unspecified atom stereocenters. The van der Waals surface area contributed by atoms with Gasteiger partial charge in [0.1, 0.15) is 5.84 Å². The minimum atomic E-state index is -0.901. The summed E-state index contributed by atoms with van der Waals surface area (Å²) in [5.74, 6) is -1.54. The number of aromatic nitrogens is 2. The minimum Gasteiger partial charge on any atom is -0.384 e. The van der Waals surface area contributed by atoms with Crippen LogP contribution >= 0.6 is 0 Å². The Morgan fingerprint density at radius 1 is 1.33 bits per heavy atom. The zero-order chi connectivity index (χ0) is 17.7. The molecule has 2 aromatic rings. The molecule has 4 nitrogen and oxygen atoms in total. The molecule has 0 radical (unpaired) electrons. The standard InChI is InChI=1S/C18H20F2N4/c1-4-15(24-13(3)7-8-23-24)9-12(2)18(21)22-11-14-5-6-16(19)17(20)10-14/h5-10H,2,4,11H2,1,3H3,(H2,21,22)/b15-9-. The lowest BCUT2D eigenvalue weighted by atomic mass is 10.2. The first-order valence-corrected chi connectivity index (χ1v) is 7.57. The average molecular weight is 330 g/mol. The van der Waals surface area contributed by atoms with Crippen molar-refractivity contribution in [2.24, 2.45) is 10.7 Å². The number of rotatable bonds is 6. The molecule has 0 saturated carbocycles. The summed E-state index contributed by atoms with van der Waals surface area (Å²) in [6.45, 7) is 8.04. The summed E-state index contributed by atoms with van der Waals surface area (Å²) in [5.41, 5.74) is 8.96. The largest absolute Gasteiger partial charge is 0.384 e. The molecule has 1 heterocycles. The molecule has 0 aliphatic carbocycles. The average Bonchev–Trinajstić information content (AvgIpc) is 2.99. The second-order valence-electron chi connectivity index (χ2n) is 5.35. The van der Waals surface area contributed by atoms with Crippen LogP contribution in [0.2, 0.25) is 0 Å². The molecule has 0 atom stereocenters. The summed E-state index contributed by atoms with van der Waals surface area (Å²) in [5, 5.41) is 4.26. The SMILES string of the molecule is C=C(/C=C(/CC)n1nccc1C)C(N)=NCc1ccc(F)c(F)c1. The molecule has 2 N–H and O–H groups in total. The highest BCUT2D eigenvalue weighted by Crippen LogP contribution is 2.14. The Kier molecular flexibility index (Phi) is 5.63. The van der Waals surface area contributed by atoms with Crippen molar-refractivity contribution >= 4 is 11.5 Å². The first-order valence-electron chi connectivity index (χ1n) is 7.57. The molecule has 0 fully saturated rings. The molecule has 0 saturated heterocycles. The molecule has 0 spiro atoms. The Hall–Kier alpha value is -2.76. The smallest absolute Gasteiger partial charge is 0.159 e. The van der Waals surface area contributed by atoms with Gasteiger partial charge < -0.3 is 5.73 Å². The van der Waals surface area contributed by atoms with E-state index in [1.807, 2.05) is 30.7 Å². The zero-order valence-corrected chi connectivity index (χ0v) is 13.8. The van der Waals surface area contributed by atoms with Gasteiger partial charge in [0.25, 0.3) is 0 Å². The maximum Gasteiger partial charge on any atom is 0.159 e. The number of hydrogen-bond acceptors (Lipinski definition) is 2. The van der Waals surface area contributed by atoms with Gasteiger partial charge in [0.15, 0.2) is 11.6 Å². The Balaban J connectivity index is 2.14. The topological polar surface area (TPSA) is 56.2 Å². The van der Waals surface area contributed by atoms with Crippen LogP contribution in [0.25, 0.3) is 5.70 Å². The highest BCUT2D eigenvalue weighted by molar-refractivity contribution is 6.00. The van der Waals surface area contributed by atoms with Crippen molar-refractivity contribution in [3.63, 3.8) is 0 Å². The van der Waals surface area contributed by atoms with Gasteiger partial charge >= 0.3 is 0 Å². The van der Waals surface area contributed by atoms with E-state index >= 15 is 0 Å². The number of nitrogens with two attached hydrogens (primary N) is 1. The van der Waals surface area contributed by atoms with Crippen LogP contribution in [-0.2, 0) is 6.54 Å². The number of nitrogens with zero attached hydrogens (tertiary/aromatic N) is 3. The van der Waals surface area contributed by atoms with Crippen molar-refractivity contribution in [1.29, 1.82) is 0 Å². The maximum absolute atomic E-state index is 13.2. The Morgan fingerprint density at radius 3 is 2.67 bits per heavy atom. The van der Waals surface area contributed by atoms with Crippen molar-refractivity contribution in [3.05, 3.63) is 71.6 Å². The fourth-order valence-electron chi connectivity index (χ4n) is 2.17. The van der Waals surface area contributed by atoms with Crippen LogP contribution in [0.15, 0.2) is 53.7 Å². The summed E-state index contributed by atoms with van der Waals surface area (Å²) < 4.78 is 27.9. The van der Waals surface area contributed by atoms with Gasteiger partial charge in [0, 0.05) is 23.2 Å². The third kappa shape index (κ3) is 4.16. The van der Waals surface area contributed by atoms with Gasteiger partial charge in [-0.15, -0.1) is 0 Å². The summed E-state index contributed by atoms with van der Waals surface area (Å²) in [4.78, 5) is 4.19. The lowest BCUT2D eigenvalue weighted by Crippen LogP contribution is -2.14. The Bertz CT molecular complexity index is 803. The predicted molar refractivity (Wildman–Crippen MR) is 92.4 cm³/mol. The molecule has 0 bridgehead atoms. The van der Waals surface area contributed by atoms with E-state index in [0.717, 1.165) is 29.9 Å². The third-order valence-electron chi connectivity index (χ3n) is 3.55. The van der Waals surface area contributed by atoms with E-state index < -0.39 is 11.6 Å². The number of aryl methyl sites for hydroxylation is 1. The van der Waals surface area contributed by atoms with Crippen molar-refractivity contribution < 1.29 is 8.78 Å². The molecule has 6 heteroatoms. The zero-order valence-electron chi connectivity index (χ0n) is 13.8. The highest BCUT2D eigenvalue weighted by Gasteiger charge is 2.06. The van der Waals surface area contributed by atoms with E-state index in [1.54, 1.807) is 6.20 Å². The van der Waals surface area contributed by atoms with Crippen molar-refractivity contribution in [1.82, 2.24) is 9.78 Å². The summed E-state index contributed by atoms with van der Waals surface area (Å²) >= 11 is 0. The second kappa shape index (κ2) is 7.68.